The minimum absolute atomic E-state index is 0.0958. The first-order valence-corrected chi connectivity index (χ1v) is 8.50. The summed E-state index contributed by atoms with van der Waals surface area (Å²) < 4.78 is 27.6. The van der Waals surface area contributed by atoms with Gasteiger partial charge in [-0.1, -0.05) is 12.1 Å². The Morgan fingerprint density at radius 2 is 2.09 bits per heavy atom. The summed E-state index contributed by atoms with van der Waals surface area (Å²) in [5.74, 6) is -0.661. The zero-order valence-electron chi connectivity index (χ0n) is 12.6. The fourth-order valence-electron chi connectivity index (χ4n) is 2.09. The average molecular weight is 338 g/mol. The number of carbonyl (C=O) groups is 1. The number of anilines is 1. The first-order valence-electron chi connectivity index (χ1n) is 6.95. The highest BCUT2D eigenvalue weighted by molar-refractivity contribution is 7.89. The van der Waals surface area contributed by atoms with Crippen molar-refractivity contribution in [3.8, 4) is 0 Å². The lowest BCUT2D eigenvalue weighted by Crippen LogP contribution is -2.13. The van der Waals surface area contributed by atoms with Crippen LogP contribution in [0.4, 0.5) is 5.69 Å². The van der Waals surface area contributed by atoms with E-state index in [2.05, 4.69) is 5.32 Å². The first kappa shape index (κ1) is 17.2. The minimum Gasteiger partial charge on any atom is -0.438 e. The lowest BCUT2D eigenvalue weighted by molar-refractivity contribution is 0.0991. The Labute approximate surface area is 134 Å². The number of rotatable bonds is 6. The fourth-order valence-corrected chi connectivity index (χ4v) is 2.63. The molecule has 0 aliphatic carbocycles. The van der Waals surface area contributed by atoms with E-state index in [0.717, 1.165) is 5.56 Å². The molecule has 4 N–H and O–H groups in total. The van der Waals surface area contributed by atoms with Crippen LogP contribution in [0.15, 0.2) is 39.8 Å². The van der Waals surface area contributed by atoms with Crippen molar-refractivity contribution in [2.24, 2.45) is 5.14 Å². The van der Waals surface area contributed by atoms with Gasteiger partial charge >= 0.3 is 0 Å². The summed E-state index contributed by atoms with van der Waals surface area (Å²) >= 11 is 0. The van der Waals surface area contributed by atoms with Gasteiger partial charge in [0.2, 0.25) is 5.09 Å². The predicted molar refractivity (Wildman–Crippen MR) is 84.6 cm³/mol. The summed E-state index contributed by atoms with van der Waals surface area (Å²) in [4.78, 5) is 12.2. The van der Waals surface area contributed by atoms with Crippen molar-refractivity contribution in [2.75, 3.05) is 11.9 Å². The van der Waals surface area contributed by atoms with E-state index >= 15 is 0 Å². The van der Waals surface area contributed by atoms with Crippen molar-refractivity contribution in [2.45, 2.75) is 24.9 Å². The van der Waals surface area contributed by atoms with Crippen LogP contribution in [0.2, 0.25) is 0 Å². The summed E-state index contributed by atoms with van der Waals surface area (Å²) in [7, 11) is -4.00. The van der Waals surface area contributed by atoms with Crippen molar-refractivity contribution >= 4 is 21.6 Å². The van der Waals surface area contributed by atoms with Gasteiger partial charge in [-0.3, -0.25) is 4.79 Å². The van der Waals surface area contributed by atoms with Gasteiger partial charge in [0.25, 0.3) is 15.9 Å². The average Bonchev–Trinajstić information content (AvgIpc) is 2.88. The Morgan fingerprint density at radius 1 is 1.35 bits per heavy atom. The monoisotopic (exact) mass is 338 g/mol. The fraction of sp³-hybridized carbons (Fsp3) is 0.267. The summed E-state index contributed by atoms with van der Waals surface area (Å²) in [6.07, 6.45) is 1.32. The van der Waals surface area contributed by atoms with Crippen LogP contribution in [0, 0.1) is 6.92 Å². The molecule has 0 fully saturated rings. The number of furan rings is 1. The molecule has 0 atom stereocenters. The van der Waals surface area contributed by atoms with Crippen LogP contribution in [-0.2, 0) is 16.4 Å². The molecule has 2 aromatic rings. The van der Waals surface area contributed by atoms with Gasteiger partial charge in [-0.05, 0) is 37.5 Å². The highest BCUT2D eigenvalue weighted by Crippen LogP contribution is 2.20. The molecule has 124 valence electrons. The van der Waals surface area contributed by atoms with Crippen LogP contribution >= 0.6 is 0 Å². The second-order valence-electron chi connectivity index (χ2n) is 5.10. The number of hydrogen-bond donors (Lipinski definition) is 3. The van der Waals surface area contributed by atoms with Crippen LogP contribution < -0.4 is 10.5 Å². The number of sulfonamides is 1. The van der Waals surface area contributed by atoms with E-state index in [1.54, 1.807) is 25.1 Å². The van der Waals surface area contributed by atoms with Crippen molar-refractivity contribution < 1.29 is 22.7 Å². The largest absolute Gasteiger partial charge is 0.438 e. The molecule has 0 bridgehead atoms. The van der Waals surface area contributed by atoms with Gasteiger partial charge in [0.15, 0.2) is 5.76 Å². The molecule has 0 aliphatic heterocycles. The van der Waals surface area contributed by atoms with E-state index in [1.807, 2.05) is 6.07 Å². The SMILES string of the molecule is Cc1cc(S(N)(=O)=O)oc1C(=O)Nc1cccc(CCCO)c1. The maximum absolute atomic E-state index is 12.2. The van der Waals surface area contributed by atoms with Gasteiger partial charge in [-0.15, -0.1) is 0 Å². The van der Waals surface area contributed by atoms with Crippen molar-refractivity contribution in [3.05, 3.63) is 47.2 Å². The summed E-state index contributed by atoms with van der Waals surface area (Å²) in [6, 6.07) is 8.38. The number of aliphatic hydroxyl groups excluding tert-OH is 1. The Morgan fingerprint density at radius 3 is 2.70 bits per heavy atom. The molecule has 0 radical (unpaired) electrons. The van der Waals surface area contributed by atoms with Gasteiger partial charge in [-0.25, -0.2) is 13.6 Å². The van der Waals surface area contributed by atoms with E-state index in [1.165, 1.54) is 6.07 Å². The number of aliphatic hydroxyl groups is 1. The maximum Gasteiger partial charge on any atom is 0.291 e. The van der Waals surface area contributed by atoms with Crippen LogP contribution in [-0.4, -0.2) is 26.0 Å². The molecule has 1 heterocycles. The van der Waals surface area contributed by atoms with E-state index in [9.17, 15) is 13.2 Å². The second-order valence-corrected chi connectivity index (χ2v) is 6.60. The third-order valence-corrected chi connectivity index (χ3v) is 3.95. The van der Waals surface area contributed by atoms with E-state index in [4.69, 9.17) is 14.7 Å². The molecular weight excluding hydrogens is 320 g/mol. The van der Waals surface area contributed by atoms with Crippen LogP contribution in [0.3, 0.4) is 0 Å². The number of nitrogens with two attached hydrogens (primary N) is 1. The van der Waals surface area contributed by atoms with Gasteiger partial charge < -0.3 is 14.8 Å². The number of benzene rings is 1. The molecule has 1 aromatic heterocycles. The predicted octanol–water partition coefficient (Wildman–Crippen LogP) is 1.41. The first-order chi connectivity index (χ1) is 10.8. The molecule has 0 saturated carbocycles. The lowest BCUT2D eigenvalue weighted by Gasteiger charge is -2.06. The van der Waals surface area contributed by atoms with Gasteiger partial charge in [0.05, 0.1) is 0 Å². The Bertz CT molecular complexity index is 811. The van der Waals surface area contributed by atoms with Gasteiger partial charge in [0, 0.05) is 23.9 Å². The maximum atomic E-state index is 12.2. The molecular formula is C15H18N2O5S. The zero-order valence-corrected chi connectivity index (χ0v) is 13.4. The van der Waals surface area contributed by atoms with E-state index in [0.29, 0.717) is 24.1 Å². The third-order valence-electron chi connectivity index (χ3n) is 3.19. The minimum atomic E-state index is -4.00. The Hall–Kier alpha value is -2.16. The number of amides is 1. The number of carbonyl (C=O) groups excluding carboxylic acids is 1. The highest BCUT2D eigenvalue weighted by atomic mass is 32.2. The zero-order chi connectivity index (χ0) is 17.0. The molecule has 0 aliphatic rings. The van der Waals surface area contributed by atoms with Crippen molar-refractivity contribution in [1.29, 1.82) is 0 Å². The number of primary sulfonamides is 1. The van der Waals surface area contributed by atoms with Crippen LogP contribution in [0.1, 0.15) is 28.1 Å². The quantitative estimate of drug-likeness (QED) is 0.735. The Kier molecular flexibility index (Phi) is 5.19. The van der Waals surface area contributed by atoms with Gasteiger partial charge in [-0.2, -0.15) is 0 Å². The molecule has 1 aromatic carbocycles. The van der Waals surface area contributed by atoms with Crippen molar-refractivity contribution in [1.82, 2.24) is 0 Å². The second kappa shape index (κ2) is 6.95. The summed E-state index contributed by atoms with van der Waals surface area (Å²) in [6.45, 7) is 1.66. The molecule has 0 spiro atoms. The third kappa shape index (κ3) is 4.41. The number of nitrogens with one attached hydrogen (secondary N) is 1. The molecule has 2 rings (SSSR count). The standard InChI is InChI=1S/C15H18N2O5S/c1-10-8-13(23(16,20)21)22-14(10)15(19)17-12-6-2-4-11(9-12)5-3-7-18/h2,4,6,8-9,18H,3,5,7H2,1H3,(H,17,19)(H2,16,20,21). The molecule has 7 nitrogen and oxygen atoms in total. The highest BCUT2D eigenvalue weighted by Gasteiger charge is 2.21. The number of aryl methyl sites for hydroxylation is 2. The summed E-state index contributed by atoms with van der Waals surface area (Å²) in [5, 5.41) is 16.0. The normalized spacial score (nSPS) is 11.4. The molecule has 1 amide bonds. The molecule has 0 saturated heterocycles. The molecule has 23 heavy (non-hydrogen) atoms. The topological polar surface area (TPSA) is 123 Å². The molecule has 8 heteroatoms. The number of hydrogen-bond acceptors (Lipinski definition) is 5. The van der Waals surface area contributed by atoms with Crippen LogP contribution in [0.5, 0.6) is 0 Å². The van der Waals surface area contributed by atoms with Gasteiger partial charge in [0.1, 0.15) is 0 Å². The Balaban J connectivity index is 2.18. The lowest BCUT2D eigenvalue weighted by atomic mass is 10.1. The summed E-state index contributed by atoms with van der Waals surface area (Å²) in [5.41, 5.74) is 1.90. The van der Waals surface area contributed by atoms with Crippen molar-refractivity contribution in [3.63, 3.8) is 0 Å². The van der Waals surface area contributed by atoms with Crippen LogP contribution in [0.25, 0.3) is 0 Å². The van der Waals surface area contributed by atoms with E-state index < -0.39 is 21.0 Å². The van der Waals surface area contributed by atoms with E-state index in [-0.39, 0.29) is 12.4 Å². The smallest absolute Gasteiger partial charge is 0.291 e. The molecule has 0 unspecified atom stereocenters.